The summed E-state index contributed by atoms with van der Waals surface area (Å²) in [4.78, 5) is 14.7. The highest BCUT2D eigenvalue weighted by molar-refractivity contribution is 7.89. The van der Waals surface area contributed by atoms with Crippen LogP contribution in [0.4, 0.5) is 5.82 Å². The number of hydrogen-bond donors (Lipinski definition) is 2. The largest absolute Gasteiger partial charge is 0.383 e. The number of carbonyl (C=O) groups is 1. The zero-order chi connectivity index (χ0) is 14.6. The molecular formula is C11H18N4O3S. The molecule has 0 atom stereocenters. The van der Waals surface area contributed by atoms with E-state index in [4.69, 9.17) is 11.5 Å². The monoisotopic (exact) mass is 286 g/mol. The topological polar surface area (TPSA) is 119 Å². The van der Waals surface area contributed by atoms with Crippen LogP contribution in [0.25, 0.3) is 0 Å². The van der Waals surface area contributed by atoms with Crippen molar-refractivity contribution in [3.63, 3.8) is 0 Å². The Kier molecular flexibility index (Phi) is 4.84. The van der Waals surface area contributed by atoms with Crippen LogP contribution in [-0.2, 0) is 14.8 Å². The Balaban J connectivity index is 3.19. The van der Waals surface area contributed by atoms with Gasteiger partial charge < -0.3 is 11.5 Å². The second-order valence-corrected chi connectivity index (χ2v) is 6.45. The van der Waals surface area contributed by atoms with Gasteiger partial charge in [0.15, 0.2) is 0 Å². The second kappa shape index (κ2) is 5.98. The summed E-state index contributed by atoms with van der Waals surface area (Å²) < 4.78 is 25.9. The molecule has 1 rings (SSSR count). The average Bonchev–Trinajstić information content (AvgIpc) is 2.27. The average molecular weight is 286 g/mol. The van der Waals surface area contributed by atoms with Crippen molar-refractivity contribution in [3.05, 3.63) is 18.3 Å². The lowest BCUT2D eigenvalue weighted by atomic mass is 10.2. The number of carbonyl (C=O) groups excluding carboxylic acids is 1. The number of sulfonamides is 1. The summed E-state index contributed by atoms with van der Waals surface area (Å²) in [6, 6.07) is 2.83. The highest BCUT2D eigenvalue weighted by Crippen LogP contribution is 2.20. The summed E-state index contributed by atoms with van der Waals surface area (Å²) in [6.45, 7) is 3.49. The smallest absolute Gasteiger partial charge is 0.247 e. The van der Waals surface area contributed by atoms with Crippen molar-refractivity contribution >= 4 is 21.7 Å². The van der Waals surface area contributed by atoms with Crippen molar-refractivity contribution in [1.82, 2.24) is 9.29 Å². The maximum Gasteiger partial charge on any atom is 0.247 e. The quantitative estimate of drug-likeness (QED) is 0.750. The molecule has 4 N–H and O–H groups in total. The van der Waals surface area contributed by atoms with Gasteiger partial charge in [-0.3, -0.25) is 4.79 Å². The van der Waals surface area contributed by atoms with E-state index in [0.29, 0.717) is 0 Å². The zero-order valence-corrected chi connectivity index (χ0v) is 11.7. The molecule has 7 nitrogen and oxygen atoms in total. The molecule has 0 radical (unpaired) electrons. The first kappa shape index (κ1) is 15.4. The van der Waals surface area contributed by atoms with Crippen molar-refractivity contribution < 1.29 is 13.2 Å². The molecule has 1 aromatic rings. The lowest BCUT2D eigenvalue weighted by Crippen LogP contribution is -2.40. The fraction of sp³-hybridized carbons (Fsp3) is 0.455. The van der Waals surface area contributed by atoms with Gasteiger partial charge in [0.1, 0.15) is 10.7 Å². The zero-order valence-electron chi connectivity index (χ0n) is 10.9. The molecule has 0 aliphatic heterocycles. The minimum absolute atomic E-state index is 0.0482. The van der Waals surface area contributed by atoms with Gasteiger partial charge in [0, 0.05) is 12.7 Å². The molecule has 0 saturated carbocycles. The van der Waals surface area contributed by atoms with Gasteiger partial charge in [-0.1, -0.05) is 13.8 Å². The molecule has 106 valence electrons. The van der Waals surface area contributed by atoms with Crippen LogP contribution >= 0.6 is 0 Å². The van der Waals surface area contributed by atoms with E-state index >= 15 is 0 Å². The van der Waals surface area contributed by atoms with E-state index in [-0.39, 0.29) is 29.7 Å². The van der Waals surface area contributed by atoms with Crippen molar-refractivity contribution in [2.45, 2.75) is 18.7 Å². The van der Waals surface area contributed by atoms with E-state index < -0.39 is 15.9 Å². The van der Waals surface area contributed by atoms with Crippen LogP contribution in [0.15, 0.2) is 23.2 Å². The van der Waals surface area contributed by atoms with Crippen molar-refractivity contribution in [2.75, 3.05) is 18.8 Å². The first-order valence-corrected chi connectivity index (χ1v) is 7.18. The normalized spacial score (nSPS) is 12.0. The fourth-order valence-electron chi connectivity index (χ4n) is 1.59. The molecule has 1 amide bonds. The number of nitrogen functional groups attached to an aromatic ring is 1. The van der Waals surface area contributed by atoms with Crippen LogP contribution in [0.1, 0.15) is 13.8 Å². The first-order chi connectivity index (χ1) is 8.75. The summed E-state index contributed by atoms with van der Waals surface area (Å²) in [6.07, 6.45) is 1.40. The second-order valence-electron chi connectivity index (χ2n) is 4.54. The van der Waals surface area contributed by atoms with Crippen molar-refractivity contribution in [2.24, 2.45) is 11.7 Å². The van der Waals surface area contributed by atoms with Crippen LogP contribution in [0.5, 0.6) is 0 Å². The lowest BCUT2D eigenvalue weighted by Gasteiger charge is -2.22. The molecule has 0 bridgehead atoms. The number of nitrogens with two attached hydrogens (primary N) is 2. The number of pyridine rings is 1. The maximum absolute atomic E-state index is 12.4. The van der Waals surface area contributed by atoms with Crippen LogP contribution in [0, 0.1) is 5.92 Å². The molecule has 0 saturated heterocycles. The predicted molar refractivity (Wildman–Crippen MR) is 71.4 cm³/mol. The highest BCUT2D eigenvalue weighted by Gasteiger charge is 2.28. The van der Waals surface area contributed by atoms with E-state index in [0.717, 1.165) is 4.31 Å². The molecule has 0 aliphatic rings. The van der Waals surface area contributed by atoms with Gasteiger partial charge in [0.25, 0.3) is 0 Å². The Morgan fingerprint density at radius 3 is 2.58 bits per heavy atom. The standard InChI is InChI=1S/C11H18N4O3S/c1-8(2)6-15(7-10(12)16)19(17,18)9-4-3-5-14-11(9)13/h3-5,8H,6-7H2,1-2H3,(H2,12,16)(H2,13,14). The maximum atomic E-state index is 12.4. The van der Waals surface area contributed by atoms with Gasteiger partial charge in [0.2, 0.25) is 15.9 Å². The van der Waals surface area contributed by atoms with Crippen molar-refractivity contribution in [3.8, 4) is 0 Å². The van der Waals surface area contributed by atoms with E-state index in [1.807, 2.05) is 13.8 Å². The van der Waals surface area contributed by atoms with Gasteiger partial charge in [0.05, 0.1) is 6.54 Å². The number of rotatable bonds is 6. The van der Waals surface area contributed by atoms with E-state index in [1.54, 1.807) is 0 Å². The number of anilines is 1. The van der Waals surface area contributed by atoms with Gasteiger partial charge in [-0.2, -0.15) is 4.31 Å². The lowest BCUT2D eigenvalue weighted by molar-refractivity contribution is -0.118. The Morgan fingerprint density at radius 2 is 2.11 bits per heavy atom. The minimum Gasteiger partial charge on any atom is -0.383 e. The SMILES string of the molecule is CC(C)CN(CC(N)=O)S(=O)(=O)c1cccnc1N. The van der Waals surface area contributed by atoms with Crippen LogP contribution in [0.3, 0.4) is 0 Å². The number of hydrogen-bond acceptors (Lipinski definition) is 5. The summed E-state index contributed by atoms with van der Waals surface area (Å²) in [5.74, 6) is -0.764. The minimum atomic E-state index is -3.88. The number of primary amides is 1. The summed E-state index contributed by atoms with van der Waals surface area (Å²) >= 11 is 0. The van der Waals surface area contributed by atoms with Gasteiger partial charge in [-0.25, -0.2) is 13.4 Å². The molecule has 1 heterocycles. The third-order valence-electron chi connectivity index (χ3n) is 2.32. The van der Waals surface area contributed by atoms with Crippen LogP contribution in [0.2, 0.25) is 0 Å². The highest BCUT2D eigenvalue weighted by atomic mass is 32.2. The third-order valence-corrected chi connectivity index (χ3v) is 4.18. The van der Waals surface area contributed by atoms with E-state index in [1.165, 1.54) is 18.3 Å². The molecule has 19 heavy (non-hydrogen) atoms. The third kappa shape index (κ3) is 3.90. The summed E-state index contributed by atoms with van der Waals surface area (Å²) in [7, 11) is -3.88. The molecule has 8 heteroatoms. The van der Waals surface area contributed by atoms with Crippen LogP contribution < -0.4 is 11.5 Å². The molecule has 0 spiro atoms. The Bertz CT molecular complexity index is 557. The van der Waals surface area contributed by atoms with Crippen LogP contribution in [-0.4, -0.2) is 36.7 Å². The molecule has 0 fully saturated rings. The Hall–Kier alpha value is -1.67. The molecule has 0 aliphatic carbocycles. The Morgan fingerprint density at radius 1 is 1.47 bits per heavy atom. The summed E-state index contributed by atoms with van der Waals surface area (Å²) in [5, 5.41) is 0. The fourth-order valence-corrected chi connectivity index (χ4v) is 3.23. The molecular weight excluding hydrogens is 268 g/mol. The predicted octanol–water partition coefficient (Wildman–Crippen LogP) is -0.204. The van der Waals surface area contributed by atoms with Crippen molar-refractivity contribution in [1.29, 1.82) is 0 Å². The first-order valence-electron chi connectivity index (χ1n) is 5.74. The van der Waals surface area contributed by atoms with Gasteiger partial charge >= 0.3 is 0 Å². The van der Waals surface area contributed by atoms with Gasteiger partial charge in [-0.15, -0.1) is 0 Å². The summed E-state index contributed by atoms with van der Waals surface area (Å²) in [5.41, 5.74) is 10.7. The number of amides is 1. The Labute approximate surface area is 112 Å². The number of nitrogens with zero attached hydrogens (tertiary/aromatic N) is 2. The van der Waals surface area contributed by atoms with E-state index in [2.05, 4.69) is 4.98 Å². The molecule has 1 aromatic heterocycles. The van der Waals surface area contributed by atoms with Gasteiger partial charge in [-0.05, 0) is 18.1 Å². The molecule has 0 unspecified atom stereocenters. The molecule has 0 aromatic carbocycles. The van der Waals surface area contributed by atoms with E-state index in [9.17, 15) is 13.2 Å². The number of aromatic nitrogens is 1.